The van der Waals surface area contributed by atoms with Crippen LogP contribution >= 0.6 is 0 Å². The molecular formula is C17H25N3O. The van der Waals surface area contributed by atoms with E-state index in [2.05, 4.69) is 49.5 Å². The standard InChI is InChI=1S/C17H25N3O/c1-12(2)20-11-15(10-19-20)9-18-17-7-6-16(8-14(17)5)21-13(3)4/h6-8,10-13,18H,9H2,1-5H3. The van der Waals surface area contributed by atoms with Crippen molar-refractivity contribution < 1.29 is 4.74 Å². The van der Waals surface area contributed by atoms with Gasteiger partial charge in [-0.3, -0.25) is 4.68 Å². The highest BCUT2D eigenvalue weighted by Crippen LogP contribution is 2.22. The van der Waals surface area contributed by atoms with Crippen LogP contribution in [-0.2, 0) is 6.54 Å². The van der Waals surface area contributed by atoms with E-state index >= 15 is 0 Å². The van der Waals surface area contributed by atoms with Gasteiger partial charge >= 0.3 is 0 Å². The second kappa shape index (κ2) is 6.66. The summed E-state index contributed by atoms with van der Waals surface area (Å²) in [6, 6.07) is 6.54. The first kappa shape index (κ1) is 15.4. The molecule has 0 fully saturated rings. The minimum Gasteiger partial charge on any atom is -0.491 e. The fourth-order valence-corrected chi connectivity index (χ4v) is 2.13. The van der Waals surface area contributed by atoms with Crippen LogP contribution < -0.4 is 10.1 Å². The van der Waals surface area contributed by atoms with Gasteiger partial charge in [0.15, 0.2) is 0 Å². The van der Waals surface area contributed by atoms with E-state index in [1.54, 1.807) is 0 Å². The summed E-state index contributed by atoms with van der Waals surface area (Å²) in [5.74, 6) is 0.917. The Balaban J connectivity index is 1.99. The summed E-state index contributed by atoms with van der Waals surface area (Å²) in [7, 11) is 0. The van der Waals surface area contributed by atoms with Gasteiger partial charge in [-0.15, -0.1) is 0 Å². The Morgan fingerprint density at radius 3 is 2.57 bits per heavy atom. The van der Waals surface area contributed by atoms with Gasteiger partial charge in [-0.25, -0.2) is 0 Å². The zero-order valence-corrected chi connectivity index (χ0v) is 13.6. The van der Waals surface area contributed by atoms with Crippen molar-refractivity contribution >= 4 is 5.69 Å². The normalized spacial score (nSPS) is 11.2. The number of aromatic nitrogens is 2. The Kier molecular flexibility index (Phi) is 4.89. The number of aryl methyl sites for hydroxylation is 1. The Morgan fingerprint density at radius 2 is 2.00 bits per heavy atom. The lowest BCUT2D eigenvalue weighted by Crippen LogP contribution is -2.06. The summed E-state index contributed by atoms with van der Waals surface area (Å²) in [5.41, 5.74) is 3.50. The molecule has 21 heavy (non-hydrogen) atoms. The quantitative estimate of drug-likeness (QED) is 0.866. The second-order valence-corrected chi connectivity index (χ2v) is 5.92. The molecule has 1 N–H and O–H groups in total. The number of benzene rings is 1. The van der Waals surface area contributed by atoms with Gasteiger partial charge in [0.05, 0.1) is 12.3 Å². The molecule has 0 saturated carbocycles. The topological polar surface area (TPSA) is 39.1 Å². The molecule has 114 valence electrons. The maximum absolute atomic E-state index is 5.70. The van der Waals surface area contributed by atoms with Crippen molar-refractivity contribution in [3.05, 3.63) is 41.7 Å². The molecule has 1 aromatic carbocycles. The fraction of sp³-hybridized carbons (Fsp3) is 0.471. The monoisotopic (exact) mass is 287 g/mol. The molecule has 4 heteroatoms. The zero-order valence-electron chi connectivity index (χ0n) is 13.6. The number of nitrogens with zero attached hydrogens (tertiary/aromatic N) is 2. The van der Waals surface area contributed by atoms with E-state index in [9.17, 15) is 0 Å². The van der Waals surface area contributed by atoms with Crippen molar-refractivity contribution in [3.63, 3.8) is 0 Å². The van der Waals surface area contributed by atoms with Crippen LogP contribution in [0, 0.1) is 6.92 Å². The van der Waals surface area contributed by atoms with Gasteiger partial charge in [0.25, 0.3) is 0 Å². The number of hydrogen-bond acceptors (Lipinski definition) is 3. The minimum absolute atomic E-state index is 0.199. The second-order valence-electron chi connectivity index (χ2n) is 5.92. The molecule has 1 heterocycles. The molecular weight excluding hydrogens is 262 g/mol. The lowest BCUT2D eigenvalue weighted by atomic mass is 10.2. The van der Waals surface area contributed by atoms with Crippen molar-refractivity contribution in [1.82, 2.24) is 9.78 Å². The number of anilines is 1. The van der Waals surface area contributed by atoms with Crippen LogP contribution in [0.4, 0.5) is 5.69 Å². The molecule has 0 spiro atoms. The van der Waals surface area contributed by atoms with Crippen LogP contribution in [0.2, 0.25) is 0 Å². The SMILES string of the molecule is Cc1cc(OC(C)C)ccc1NCc1cnn(C(C)C)c1. The van der Waals surface area contributed by atoms with Gasteiger partial charge in [-0.1, -0.05) is 0 Å². The van der Waals surface area contributed by atoms with Crippen molar-refractivity contribution in [3.8, 4) is 5.75 Å². The summed E-state index contributed by atoms with van der Waals surface area (Å²) < 4.78 is 7.68. The van der Waals surface area contributed by atoms with Crippen LogP contribution in [0.3, 0.4) is 0 Å². The highest BCUT2D eigenvalue weighted by molar-refractivity contribution is 5.53. The first-order valence-corrected chi connectivity index (χ1v) is 7.50. The predicted octanol–water partition coefficient (Wildman–Crippen LogP) is 4.17. The molecule has 0 amide bonds. The third-order valence-corrected chi connectivity index (χ3v) is 3.24. The number of ether oxygens (including phenoxy) is 1. The maximum atomic E-state index is 5.70. The van der Waals surface area contributed by atoms with Gasteiger partial charge in [-0.2, -0.15) is 5.10 Å². The van der Waals surface area contributed by atoms with Crippen LogP contribution in [0.25, 0.3) is 0 Å². The third-order valence-electron chi connectivity index (χ3n) is 3.24. The Labute approximate surface area is 127 Å². The maximum Gasteiger partial charge on any atom is 0.120 e. The predicted molar refractivity (Wildman–Crippen MR) is 86.9 cm³/mol. The number of nitrogens with one attached hydrogen (secondary N) is 1. The first-order valence-electron chi connectivity index (χ1n) is 7.50. The van der Waals surface area contributed by atoms with Crippen LogP contribution in [0.5, 0.6) is 5.75 Å². The first-order chi connectivity index (χ1) is 9.95. The van der Waals surface area contributed by atoms with Crippen LogP contribution in [-0.4, -0.2) is 15.9 Å². The summed E-state index contributed by atoms with van der Waals surface area (Å²) in [6.07, 6.45) is 4.20. The smallest absolute Gasteiger partial charge is 0.120 e. The summed E-state index contributed by atoms with van der Waals surface area (Å²) in [6.45, 7) is 11.2. The Morgan fingerprint density at radius 1 is 1.24 bits per heavy atom. The molecule has 2 aromatic rings. The Hall–Kier alpha value is -1.97. The zero-order chi connectivity index (χ0) is 15.4. The van der Waals surface area contributed by atoms with E-state index in [0.29, 0.717) is 6.04 Å². The van der Waals surface area contributed by atoms with E-state index < -0.39 is 0 Å². The van der Waals surface area contributed by atoms with Crippen molar-refractivity contribution in [2.24, 2.45) is 0 Å². The molecule has 0 unspecified atom stereocenters. The lowest BCUT2D eigenvalue weighted by Gasteiger charge is -2.13. The molecule has 0 bridgehead atoms. The van der Waals surface area contributed by atoms with Crippen LogP contribution in [0.15, 0.2) is 30.6 Å². The van der Waals surface area contributed by atoms with Gasteiger partial charge in [0, 0.05) is 30.0 Å². The molecule has 4 nitrogen and oxygen atoms in total. The van der Waals surface area contributed by atoms with Gasteiger partial charge in [0.2, 0.25) is 0 Å². The van der Waals surface area contributed by atoms with Crippen molar-refractivity contribution in [2.75, 3.05) is 5.32 Å². The summed E-state index contributed by atoms with van der Waals surface area (Å²) in [4.78, 5) is 0. The molecule has 0 aliphatic rings. The lowest BCUT2D eigenvalue weighted by molar-refractivity contribution is 0.242. The summed E-state index contributed by atoms with van der Waals surface area (Å²) in [5, 5.41) is 7.81. The minimum atomic E-state index is 0.199. The van der Waals surface area contributed by atoms with Gasteiger partial charge < -0.3 is 10.1 Å². The van der Waals surface area contributed by atoms with Crippen LogP contribution in [0.1, 0.15) is 44.9 Å². The van der Waals surface area contributed by atoms with Crippen molar-refractivity contribution in [1.29, 1.82) is 0 Å². The molecule has 0 aliphatic carbocycles. The molecule has 2 rings (SSSR count). The van der Waals surface area contributed by atoms with E-state index in [0.717, 1.165) is 18.0 Å². The molecule has 0 saturated heterocycles. The highest BCUT2D eigenvalue weighted by atomic mass is 16.5. The largest absolute Gasteiger partial charge is 0.491 e. The van der Waals surface area contributed by atoms with E-state index in [1.165, 1.54) is 11.1 Å². The Bertz CT molecular complexity index is 587. The molecule has 0 aliphatic heterocycles. The van der Waals surface area contributed by atoms with E-state index in [1.807, 2.05) is 30.8 Å². The van der Waals surface area contributed by atoms with Gasteiger partial charge in [-0.05, 0) is 58.4 Å². The van der Waals surface area contributed by atoms with Crippen molar-refractivity contribution in [2.45, 2.75) is 53.3 Å². The average Bonchev–Trinajstić information content (AvgIpc) is 2.86. The fourth-order valence-electron chi connectivity index (χ4n) is 2.13. The molecule has 1 aromatic heterocycles. The molecule has 0 atom stereocenters. The number of rotatable bonds is 6. The molecule has 0 radical (unpaired) electrons. The third kappa shape index (κ3) is 4.25. The summed E-state index contributed by atoms with van der Waals surface area (Å²) >= 11 is 0. The van der Waals surface area contributed by atoms with E-state index in [4.69, 9.17) is 4.74 Å². The average molecular weight is 287 g/mol. The highest BCUT2D eigenvalue weighted by Gasteiger charge is 2.05. The van der Waals surface area contributed by atoms with Gasteiger partial charge in [0.1, 0.15) is 5.75 Å². The van der Waals surface area contributed by atoms with E-state index in [-0.39, 0.29) is 6.10 Å². The number of hydrogen-bond donors (Lipinski definition) is 1.